The molecule has 9 heteroatoms. The zero-order valence-electron chi connectivity index (χ0n) is 15.4. The molecule has 0 amide bonds. The lowest BCUT2D eigenvalue weighted by atomic mass is 10.3. The molecule has 0 fully saturated rings. The number of rotatable bonds is 8. The van der Waals surface area contributed by atoms with E-state index < -0.39 is 0 Å². The highest BCUT2D eigenvalue weighted by molar-refractivity contribution is 9.10. The number of halogens is 1. The number of imidazole rings is 1. The largest absolute Gasteiger partial charge is 0.369 e. The summed E-state index contributed by atoms with van der Waals surface area (Å²) in [6.07, 6.45) is 11.0. The van der Waals surface area contributed by atoms with Crippen molar-refractivity contribution < 1.29 is 0 Å². The number of aromatic amines is 1. The van der Waals surface area contributed by atoms with E-state index in [2.05, 4.69) is 47.7 Å². The van der Waals surface area contributed by atoms with Crippen LogP contribution in [0.25, 0.3) is 11.0 Å². The molecule has 4 aromatic heterocycles. The van der Waals surface area contributed by atoms with Crippen molar-refractivity contribution in [3.63, 3.8) is 0 Å². The standard InChI is InChI=1S/C19H20BrN7S/c1-2-14-16(20)15-17(23-7-4-9-27-10-8-22-12-27)25-19(26-18(15)24-14)28-13-5-3-6-21-11-13/h3,5-6,8,10-12H,2,4,7,9H2,1H3,(H2,23,24,25,26). The molecule has 0 aliphatic rings. The molecule has 2 N–H and O–H groups in total. The maximum absolute atomic E-state index is 4.78. The maximum atomic E-state index is 4.78. The van der Waals surface area contributed by atoms with Crippen LogP contribution in [0.15, 0.2) is 57.8 Å². The summed E-state index contributed by atoms with van der Waals surface area (Å²) in [5.74, 6) is 0.838. The molecule has 0 aliphatic heterocycles. The van der Waals surface area contributed by atoms with E-state index in [1.165, 1.54) is 11.8 Å². The zero-order valence-corrected chi connectivity index (χ0v) is 17.8. The molecular weight excluding hydrogens is 438 g/mol. The predicted octanol–water partition coefficient (Wildman–Crippen LogP) is 4.53. The van der Waals surface area contributed by atoms with E-state index in [4.69, 9.17) is 9.97 Å². The summed E-state index contributed by atoms with van der Waals surface area (Å²) < 4.78 is 3.10. The third kappa shape index (κ3) is 4.20. The van der Waals surface area contributed by atoms with Crippen molar-refractivity contribution in [3.8, 4) is 0 Å². The van der Waals surface area contributed by atoms with Gasteiger partial charge in [0.05, 0.1) is 16.2 Å². The summed E-state index contributed by atoms with van der Waals surface area (Å²) in [7, 11) is 0. The predicted molar refractivity (Wildman–Crippen MR) is 115 cm³/mol. The number of hydrogen-bond donors (Lipinski definition) is 2. The molecule has 7 nitrogen and oxygen atoms in total. The Hall–Kier alpha value is -2.39. The molecule has 4 heterocycles. The first kappa shape index (κ1) is 18.9. The van der Waals surface area contributed by atoms with Gasteiger partial charge in [0.2, 0.25) is 0 Å². The Morgan fingerprint density at radius 1 is 1.25 bits per heavy atom. The smallest absolute Gasteiger partial charge is 0.196 e. The van der Waals surface area contributed by atoms with Gasteiger partial charge in [-0.1, -0.05) is 6.92 Å². The summed E-state index contributed by atoms with van der Waals surface area (Å²) in [6.45, 7) is 3.83. The van der Waals surface area contributed by atoms with Crippen LogP contribution >= 0.6 is 27.7 Å². The van der Waals surface area contributed by atoms with E-state index in [0.29, 0.717) is 5.16 Å². The van der Waals surface area contributed by atoms with Crippen molar-refractivity contribution in [1.29, 1.82) is 0 Å². The maximum Gasteiger partial charge on any atom is 0.196 e. The van der Waals surface area contributed by atoms with Crippen LogP contribution < -0.4 is 5.32 Å². The highest BCUT2D eigenvalue weighted by atomic mass is 79.9. The monoisotopic (exact) mass is 457 g/mol. The number of anilines is 1. The van der Waals surface area contributed by atoms with Crippen molar-refractivity contribution >= 4 is 44.5 Å². The lowest BCUT2D eigenvalue weighted by molar-refractivity contribution is 0.660. The fourth-order valence-corrected chi connectivity index (χ4v) is 4.40. The minimum absolute atomic E-state index is 0.689. The van der Waals surface area contributed by atoms with Crippen LogP contribution in [0.2, 0.25) is 0 Å². The van der Waals surface area contributed by atoms with Crippen LogP contribution in [0, 0.1) is 0 Å². The van der Waals surface area contributed by atoms with Gasteiger partial charge in [0, 0.05) is 48.5 Å². The average Bonchev–Trinajstić information content (AvgIpc) is 3.34. The summed E-state index contributed by atoms with van der Waals surface area (Å²) in [6, 6.07) is 3.92. The Morgan fingerprint density at radius 2 is 2.18 bits per heavy atom. The van der Waals surface area contributed by atoms with Crippen molar-refractivity contribution in [1.82, 2.24) is 29.5 Å². The number of nitrogens with one attached hydrogen (secondary N) is 2. The van der Waals surface area contributed by atoms with Gasteiger partial charge in [0.15, 0.2) is 5.16 Å². The van der Waals surface area contributed by atoms with Gasteiger partial charge in [0.1, 0.15) is 11.5 Å². The van der Waals surface area contributed by atoms with Gasteiger partial charge in [-0.05, 0) is 52.7 Å². The van der Waals surface area contributed by atoms with E-state index in [0.717, 1.165) is 57.8 Å². The van der Waals surface area contributed by atoms with Gasteiger partial charge in [0.25, 0.3) is 0 Å². The zero-order chi connectivity index (χ0) is 19.3. The first-order valence-corrected chi connectivity index (χ1v) is 10.7. The minimum atomic E-state index is 0.689. The third-order valence-electron chi connectivity index (χ3n) is 4.28. The Balaban J connectivity index is 1.58. The molecule has 4 rings (SSSR count). The molecule has 0 aromatic carbocycles. The second kappa shape index (κ2) is 8.74. The van der Waals surface area contributed by atoms with Crippen LogP contribution in [0.1, 0.15) is 19.0 Å². The normalized spacial score (nSPS) is 11.2. The van der Waals surface area contributed by atoms with E-state index in [1.54, 1.807) is 12.4 Å². The number of fused-ring (bicyclic) bond motifs is 1. The van der Waals surface area contributed by atoms with E-state index in [9.17, 15) is 0 Å². The first-order chi connectivity index (χ1) is 13.7. The molecule has 28 heavy (non-hydrogen) atoms. The lowest BCUT2D eigenvalue weighted by Crippen LogP contribution is -2.08. The molecule has 0 unspecified atom stereocenters. The van der Waals surface area contributed by atoms with Crippen LogP contribution in [-0.4, -0.2) is 36.0 Å². The molecule has 0 aliphatic carbocycles. The molecule has 0 saturated heterocycles. The van der Waals surface area contributed by atoms with Gasteiger partial charge in [-0.3, -0.25) is 4.98 Å². The molecule has 0 atom stereocenters. The van der Waals surface area contributed by atoms with Gasteiger partial charge >= 0.3 is 0 Å². The Bertz CT molecular complexity index is 1050. The number of pyridine rings is 1. The molecule has 0 spiro atoms. The third-order valence-corrected chi connectivity index (χ3v) is 6.00. The van der Waals surface area contributed by atoms with E-state index in [1.807, 2.05) is 30.9 Å². The van der Waals surface area contributed by atoms with Crippen molar-refractivity contribution in [3.05, 3.63) is 53.4 Å². The Morgan fingerprint density at radius 3 is 2.93 bits per heavy atom. The Kier molecular flexibility index (Phi) is 5.92. The summed E-state index contributed by atoms with van der Waals surface area (Å²) in [4.78, 5) is 22.2. The van der Waals surface area contributed by atoms with Gasteiger partial charge in [-0.2, -0.15) is 0 Å². The SMILES string of the molecule is CCc1[nH]c2nc(Sc3cccnc3)nc(NCCCn3ccnc3)c2c1Br. The summed E-state index contributed by atoms with van der Waals surface area (Å²) in [5.41, 5.74) is 1.96. The van der Waals surface area contributed by atoms with Gasteiger partial charge in [-0.25, -0.2) is 15.0 Å². The van der Waals surface area contributed by atoms with Crippen LogP contribution in [0.3, 0.4) is 0 Å². The molecular formula is C19H20BrN7S. The summed E-state index contributed by atoms with van der Waals surface area (Å²) in [5, 5.41) is 5.18. The molecule has 0 radical (unpaired) electrons. The first-order valence-electron chi connectivity index (χ1n) is 9.10. The van der Waals surface area contributed by atoms with Crippen LogP contribution in [0.5, 0.6) is 0 Å². The highest BCUT2D eigenvalue weighted by Crippen LogP contribution is 2.35. The molecule has 0 saturated carbocycles. The van der Waals surface area contributed by atoms with Gasteiger partial charge < -0.3 is 14.9 Å². The Labute approximate surface area is 175 Å². The number of aryl methyl sites for hydroxylation is 2. The van der Waals surface area contributed by atoms with E-state index >= 15 is 0 Å². The number of aromatic nitrogens is 6. The van der Waals surface area contributed by atoms with E-state index in [-0.39, 0.29) is 0 Å². The lowest BCUT2D eigenvalue weighted by Gasteiger charge is -2.09. The number of H-pyrrole nitrogens is 1. The van der Waals surface area contributed by atoms with Crippen molar-refractivity contribution in [2.45, 2.75) is 36.4 Å². The molecule has 0 bridgehead atoms. The fraction of sp³-hybridized carbons (Fsp3) is 0.263. The van der Waals surface area contributed by atoms with Crippen LogP contribution in [-0.2, 0) is 13.0 Å². The second-order valence-corrected chi connectivity index (χ2v) is 8.05. The topological polar surface area (TPSA) is 84.3 Å². The average molecular weight is 458 g/mol. The van der Waals surface area contributed by atoms with Crippen molar-refractivity contribution in [2.75, 3.05) is 11.9 Å². The van der Waals surface area contributed by atoms with Gasteiger partial charge in [-0.15, -0.1) is 0 Å². The van der Waals surface area contributed by atoms with Crippen LogP contribution in [0.4, 0.5) is 5.82 Å². The highest BCUT2D eigenvalue weighted by Gasteiger charge is 2.16. The quantitative estimate of drug-likeness (QED) is 0.298. The fourth-order valence-electron chi connectivity index (χ4n) is 2.90. The number of nitrogens with zero attached hydrogens (tertiary/aromatic N) is 5. The molecule has 144 valence electrons. The summed E-state index contributed by atoms with van der Waals surface area (Å²) >= 11 is 5.22. The second-order valence-electron chi connectivity index (χ2n) is 6.22. The molecule has 4 aromatic rings. The van der Waals surface area contributed by atoms with Crippen molar-refractivity contribution in [2.24, 2.45) is 0 Å². The number of hydrogen-bond acceptors (Lipinski definition) is 6. The minimum Gasteiger partial charge on any atom is -0.369 e.